The molecule has 0 aromatic heterocycles. The average Bonchev–Trinajstić information content (AvgIpc) is 2.67. The smallest absolute Gasteiger partial charge is 0.293 e. The van der Waals surface area contributed by atoms with Gasteiger partial charge in [-0.25, -0.2) is 0 Å². The SMILES string of the molecule is NC(=O)c1ccc(NC2CCCNCC2)c([N+](=O)[O-])c1. The van der Waals surface area contributed by atoms with E-state index in [1.54, 1.807) is 6.07 Å². The summed E-state index contributed by atoms with van der Waals surface area (Å²) < 4.78 is 0. The first-order valence-corrected chi connectivity index (χ1v) is 6.63. The molecule has 1 fully saturated rings. The quantitative estimate of drug-likeness (QED) is 0.567. The van der Waals surface area contributed by atoms with E-state index in [4.69, 9.17) is 5.73 Å². The molecule has 108 valence electrons. The van der Waals surface area contributed by atoms with Gasteiger partial charge in [-0.1, -0.05) is 0 Å². The van der Waals surface area contributed by atoms with Gasteiger partial charge in [0, 0.05) is 17.7 Å². The molecule has 0 aliphatic carbocycles. The van der Waals surface area contributed by atoms with Gasteiger partial charge in [0.25, 0.3) is 5.69 Å². The summed E-state index contributed by atoms with van der Waals surface area (Å²) in [4.78, 5) is 21.7. The summed E-state index contributed by atoms with van der Waals surface area (Å²) in [6, 6.07) is 4.48. The van der Waals surface area contributed by atoms with Crippen molar-refractivity contribution in [2.45, 2.75) is 25.3 Å². The van der Waals surface area contributed by atoms with E-state index in [1.807, 2.05) is 0 Å². The largest absolute Gasteiger partial charge is 0.377 e. The minimum atomic E-state index is -0.668. The Labute approximate surface area is 116 Å². The molecule has 1 aliphatic heterocycles. The van der Waals surface area contributed by atoms with Gasteiger partial charge in [0.15, 0.2) is 0 Å². The van der Waals surface area contributed by atoms with E-state index in [0.29, 0.717) is 5.69 Å². The zero-order chi connectivity index (χ0) is 14.5. The predicted octanol–water partition coefficient (Wildman–Crippen LogP) is 1.25. The summed E-state index contributed by atoms with van der Waals surface area (Å²) in [5.74, 6) is -0.668. The van der Waals surface area contributed by atoms with Crippen LogP contribution < -0.4 is 16.4 Å². The maximum Gasteiger partial charge on any atom is 0.293 e. The van der Waals surface area contributed by atoms with Gasteiger partial charge >= 0.3 is 0 Å². The Balaban J connectivity index is 2.21. The molecule has 0 saturated carbocycles. The Bertz CT molecular complexity index is 510. The van der Waals surface area contributed by atoms with Crippen molar-refractivity contribution < 1.29 is 9.72 Å². The van der Waals surface area contributed by atoms with Crippen LogP contribution in [0.1, 0.15) is 29.6 Å². The van der Waals surface area contributed by atoms with Crippen molar-refractivity contribution in [3.63, 3.8) is 0 Å². The summed E-state index contributed by atoms with van der Waals surface area (Å²) in [6.07, 6.45) is 2.90. The van der Waals surface area contributed by atoms with Gasteiger partial charge in [-0.05, 0) is 44.5 Å². The molecule has 1 unspecified atom stereocenters. The summed E-state index contributed by atoms with van der Waals surface area (Å²) in [7, 11) is 0. The van der Waals surface area contributed by atoms with Gasteiger partial charge in [0.1, 0.15) is 5.69 Å². The first kappa shape index (κ1) is 14.3. The van der Waals surface area contributed by atoms with Gasteiger partial charge in [-0.3, -0.25) is 14.9 Å². The fraction of sp³-hybridized carbons (Fsp3) is 0.462. The van der Waals surface area contributed by atoms with Crippen LogP contribution >= 0.6 is 0 Å². The Kier molecular flexibility index (Phi) is 4.52. The molecular weight excluding hydrogens is 260 g/mol. The third-order valence-corrected chi connectivity index (χ3v) is 3.41. The first-order chi connectivity index (χ1) is 9.58. The normalized spacial score (nSPS) is 19.1. The Morgan fingerprint density at radius 3 is 2.90 bits per heavy atom. The molecule has 7 nitrogen and oxygen atoms in total. The predicted molar refractivity (Wildman–Crippen MR) is 75.7 cm³/mol. The highest BCUT2D eigenvalue weighted by atomic mass is 16.6. The second kappa shape index (κ2) is 6.33. The molecule has 1 aromatic carbocycles. The number of carbonyl (C=O) groups is 1. The number of primary amides is 1. The number of nitrogens with one attached hydrogen (secondary N) is 2. The average molecular weight is 278 g/mol. The molecule has 1 aliphatic rings. The van der Waals surface area contributed by atoms with E-state index in [1.165, 1.54) is 12.1 Å². The highest BCUT2D eigenvalue weighted by Gasteiger charge is 2.20. The van der Waals surface area contributed by atoms with Crippen LogP contribution in [0.2, 0.25) is 0 Å². The molecule has 1 heterocycles. The third-order valence-electron chi connectivity index (χ3n) is 3.41. The number of nitro groups is 1. The number of hydrogen-bond acceptors (Lipinski definition) is 5. The van der Waals surface area contributed by atoms with Crippen LogP contribution in [-0.4, -0.2) is 30.0 Å². The minimum Gasteiger partial charge on any atom is -0.377 e. The second-order valence-electron chi connectivity index (χ2n) is 4.88. The van der Waals surface area contributed by atoms with Gasteiger partial charge in [-0.2, -0.15) is 0 Å². The second-order valence-corrected chi connectivity index (χ2v) is 4.88. The van der Waals surface area contributed by atoms with E-state index < -0.39 is 10.8 Å². The Morgan fingerprint density at radius 2 is 2.20 bits per heavy atom. The fourth-order valence-corrected chi connectivity index (χ4v) is 2.34. The number of benzene rings is 1. The minimum absolute atomic E-state index is 0.112. The van der Waals surface area contributed by atoms with Gasteiger partial charge in [-0.15, -0.1) is 0 Å². The number of nitro benzene ring substituents is 1. The first-order valence-electron chi connectivity index (χ1n) is 6.63. The van der Waals surface area contributed by atoms with Crippen LogP contribution in [-0.2, 0) is 0 Å². The van der Waals surface area contributed by atoms with Gasteiger partial charge in [0.05, 0.1) is 4.92 Å². The maximum atomic E-state index is 11.1. The highest BCUT2D eigenvalue weighted by Crippen LogP contribution is 2.27. The lowest BCUT2D eigenvalue weighted by Crippen LogP contribution is -2.22. The van der Waals surface area contributed by atoms with Crippen LogP contribution in [0, 0.1) is 10.1 Å². The standard InChI is InChI=1S/C13H18N4O3/c14-13(18)9-3-4-11(12(8-9)17(19)20)16-10-2-1-6-15-7-5-10/h3-4,8,10,15-16H,1-2,5-7H2,(H2,14,18). The molecule has 1 aromatic rings. The maximum absolute atomic E-state index is 11.1. The number of amides is 1. The number of anilines is 1. The Morgan fingerprint density at radius 1 is 1.40 bits per heavy atom. The Hall–Kier alpha value is -2.15. The van der Waals surface area contributed by atoms with Crippen molar-refractivity contribution in [1.82, 2.24) is 5.32 Å². The summed E-state index contributed by atoms with van der Waals surface area (Å²) in [6.45, 7) is 1.87. The van der Waals surface area contributed by atoms with Crippen molar-refractivity contribution in [3.05, 3.63) is 33.9 Å². The van der Waals surface area contributed by atoms with Crippen LogP contribution in [0.25, 0.3) is 0 Å². The molecule has 4 N–H and O–H groups in total. The van der Waals surface area contributed by atoms with E-state index in [2.05, 4.69) is 10.6 Å². The molecule has 0 bridgehead atoms. The summed E-state index contributed by atoms with van der Waals surface area (Å²) >= 11 is 0. The molecule has 0 spiro atoms. The van der Waals surface area contributed by atoms with Crippen molar-refractivity contribution in [2.75, 3.05) is 18.4 Å². The third kappa shape index (κ3) is 3.45. The lowest BCUT2D eigenvalue weighted by atomic mass is 10.1. The van der Waals surface area contributed by atoms with Crippen LogP contribution in [0.15, 0.2) is 18.2 Å². The highest BCUT2D eigenvalue weighted by molar-refractivity contribution is 5.94. The molecular formula is C13H18N4O3. The van der Waals surface area contributed by atoms with E-state index in [0.717, 1.165) is 32.4 Å². The number of nitrogens with zero attached hydrogens (tertiary/aromatic N) is 1. The molecule has 2 rings (SSSR count). The molecule has 1 saturated heterocycles. The zero-order valence-corrected chi connectivity index (χ0v) is 11.1. The molecule has 0 radical (unpaired) electrons. The molecule has 20 heavy (non-hydrogen) atoms. The topological polar surface area (TPSA) is 110 Å². The monoisotopic (exact) mass is 278 g/mol. The lowest BCUT2D eigenvalue weighted by molar-refractivity contribution is -0.384. The van der Waals surface area contributed by atoms with Gasteiger partial charge in [0.2, 0.25) is 5.91 Å². The lowest BCUT2D eigenvalue weighted by Gasteiger charge is -2.17. The fourth-order valence-electron chi connectivity index (χ4n) is 2.34. The van der Waals surface area contributed by atoms with Crippen LogP contribution in [0.3, 0.4) is 0 Å². The van der Waals surface area contributed by atoms with Crippen molar-refractivity contribution in [2.24, 2.45) is 5.73 Å². The molecule has 1 atom stereocenters. The molecule has 1 amide bonds. The van der Waals surface area contributed by atoms with E-state index in [9.17, 15) is 14.9 Å². The van der Waals surface area contributed by atoms with Crippen LogP contribution in [0.4, 0.5) is 11.4 Å². The number of rotatable bonds is 4. The van der Waals surface area contributed by atoms with E-state index in [-0.39, 0.29) is 17.3 Å². The number of nitrogens with two attached hydrogens (primary N) is 1. The zero-order valence-electron chi connectivity index (χ0n) is 11.1. The number of hydrogen-bond donors (Lipinski definition) is 3. The van der Waals surface area contributed by atoms with Crippen molar-refractivity contribution >= 4 is 17.3 Å². The van der Waals surface area contributed by atoms with Crippen molar-refractivity contribution in [1.29, 1.82) is 0 Å². The van der Waals surface area contributed by atoms with Crippen molar-refractivity contribution in [3.8, 4) is 0 Å². The summed E-state index contributed by atoms with van der Waals surface area (Å²) in [5, 5.41) is 17.6. The van der Waals surface area contributed by atoms with Crippen LogP contribution in [0.5, 0.6) is 0 Å². The summed E-state index contributed by atoms with van der Waals surface area (Å²) in [5.41, 5.74) is 5.62. The van der Waals surface area contributed by atoms with E-state index >= 15 is 0 Å². The van der Waals surface area contributed by atoms with Gasteiger partial charge < -0.3 is 16.4 Å². The molecule has 7 heteroatoms. The number of carbonyl (C=O) groups excluding carboxylic acids is 1.